The number of rotatable bonds is 24. The number of hydrogen-bond acceptors (Lipinski definition) is 11. The van der Waals surface area contributed by atoms with Gasteiger partial charge in [-0.2, -0.15) is 0 Å². The monoisotopic (exact) mass is 545 g/mol. The molecule has 1 amide bonds. The molecule has 0 atom stereocenters. The van der Waals surface area contributed by atoms with E-state index in [4.69, 9.17) is 42.6 Å². The number of carbonyl (C=O) groups excluding carboxylic acids is 2. The van der Waals surface area contributed by atoms with Crippen LogP contribution in [0.4, 0.5) is 4.79 Å². The smallest absolute Gasteiger partial charge is 0.407 e. The van der Waals surface area contributed by atoms with Crippen LogP contribution >= 0.6 is 0 Å². The Morgan fingerprint density at radius 3 is 1.55 bits per heavy atom. The predicted octanol–water partition coefficient (Wildman–Crippen LogP) is 3.41. The summed E-state index contributed by atoms with van der Waals surface area (Å²) in [6.45, 7) is 21.5. The first kappa shape index (κ1) is 34.9. The minimum atomic E-state index is -0.889. The van der Waals surface area contributed by atoms with Crippen molar-refractivity contribution in [3.63, 3.8) is 0 Å². The molecule has 12 heteroatoms. The van der Waals surface area contributed by atoms with Gasteiger partial charge in [-0.3, -0.25) is 0 Å². The van der Waals surface area contributed by atoms with Crippen LogP contribution in [0.1, 0.15) is 27.7 Å². The van der Waals surface area contributed by atoms with E-state index in [2.05, 4.69) is 31.6 Å². The summed E-state index contributed by atoms with van der Waals surface area (Å²) in [4.78, 5) is 23.9. The molecule has 12 nitrogen and oxygen atoms in total. The van der Waals surface area contributed by atoms with Crippen LogP contribution in [0, 0.1) is 5.41 Å². The van der Waals surface area contributed by atoms with Gasteiger partial charge in [0.1, 0.15) is 13.2 Å². The maximum atomic E-state index is 12.3. The highest BCUT2D eigenvalue weighted by molar-refractivity contribution is 5.86. The highest BCUT2D eigenvalue weighted by Crippen LogP contribution is 2.20. The quantitative estimate of drug-likeness (QED) is 0.0630. The van der Waals surface area contributed by atoms with Crippen LogP contribution in [0.5, 0.6) is 0 Å². The van der Waals surface area contributed by atoms with Crippen molar-refractivity contribution in [1.29, 1.82) is 0 Å². The first-order valence-electron chi connectivity index (χ1n) is 11.9. The molecule has 1 N–H and O–H groups in total. The number of ether oxygens (including phenoxy) is 9. The Morgan fingerprint density at radius 2 is 1.05 bits per heavy atom. The average molecular weight is 546 g/mol. The molecule has 0 aliphatic rings. The number of esters is 1. The summed E-state index contributed by atoms with van der Waals surface area (Å²) in [6, 6.07) is 0. The Kier molecular flexibility index (Phi) is 19.3. The van der Waals surface area contributed by atoms with Gasteiger partial charge in [0.25, 0.3) is 0 Å². The summed E-state index contributed by atoms with van der Waals surface area (Å²) in [5.74, 6) is 0.965. The van der Waals surface area contributed by atoms with Gasteiger partial charge in [0, 0.05) is 12.1 Å². The summed E-state index contributed by atoms with van der Waals surface area (Å²) in [5, 5.41) is 2.69. The van der Waals surface area contributed by atoms with E-state index in [1.165, 1.54) is 0 Å². The fraction of sp³-hybridized carbons (Fsp3) is 0.615. The van der Waals surface area contributed by atoms with Crippen LogP contribution < -0.4 is 5.32 Å². The van der Waals surface area contributed by atoms with Crippen LogP contribution in [0.15, 0.2) is 49.2 Å². The van der Waals surface area contributed by atoms with Crippen molar-refractivity contribution in [3.8, 4) is 0 Å². The molecule has 0 spiro atoms. The molecule has 0 unspecified atom stereocenters. The molecule has 0 fully saturated rings. The molecule has 38 heavy (non-hydrogen) atoms. The Morgan fingerprint density at radius 1 is 0.605 bits per heavy atom. The minimum Gasteiger partial charge on any atom is -0.473 e. The van der Waals surface area contributed by atoms with Gasteiger partial charge in [0.2, 0.25) is 0 Å². The molecule has 218 valence electrons. The number of hydrogen-bond donors (Lipinski definition) is 1. The van der Waals surface area contributed by atoms with Crippen LogP contribution in [0.25, 0.3) is 0 Å². The maximum Gasteiger partial charge on any atom is 0.407 e. The standard InChI is InChI=1S/C26H43NO11/c1-20(2)24(28)34-11-9-30-14-26(15-32-18-37-22(5)6,16-33-19-38-23(7)8)13-27-25(29)35-12-10-31-17-36-21(3)4/h1,3,5,7,9-19H2,2,4,6,8H3,(H,27,29). The van der Waals surface area contributed by atoms with E-state index in [-0.39, 0.29) is 78.7 Å². The Bertz CT molecular complexity index is 744. The molecule has 0 radical (unpaired) electrons. The van der Waals surface area contributed by atoms with Gasteiger partial charge in [0.05, 0.1) is 55.7 Å². The third-order valence-electron chi connectivity index (χ3n) is 4.27. The molecule has 0 bridgehead atoms. The van der Waals surface area contributed by atoms with E-state index in [1.54, 1.807) is 27.7 Å². The summed E-state index contributed by atoms with van der Waals surface area (Å²) < 4.78 is 48.0. The normalized spacial score (nSPS) is 10.7. The molecule has 0 rings (SSSR count). The molecule has 0 saturated carbocycles. The summed E-state index contributed by atoms with van der Waals surface area (Å²) in [5.41, 5.74) is -0.604. The largest absolute Gasteiger partial charge is 0.473 e. The van der Waals surface area contributed by atoms with Crippen molar-refractivity contribution in [2.45, 2.75) is 27.7 Å². The summed E-state index contributed by atoms with van der Waals surface area (Å²) >= 11 is 0. The van der Waals surface area contributed by atoms with Gasteiger partial charge in [-0.1, -0.05) is 26.3 Å². The second kappa shape index (κ2) is 20.9. The molecule has 0 aliphatic heterocycles. The van der Waals surface area contributed by atoms with E-state index >= 15 is 0 Å². The fourth-order valence-electron chi connectivity index (χ4n) is 2.39. The second-order valence-corrected chi connectivity index (χ2v) is 8.46. The van der Waals surface area contributed by atoms with Gasteiger partial charge < -0.3 is 47.9 Å². The molecular weight excluding hydrogens is 502 g/mol. The van der Waals surface area contributed by atoms with E-state index < -0.39 is 17.5 Å². The average Bonchev–Trinajstić information content (AvgIpc) is 2.84. The number of carbonyl (C=O) groups is 2. The zero-order valence-electron chi connectivity index (χ0n) is 23.1. The summed E-state index contributed by atoms with van der Waals surface area (Å²) in [6.07, 6.45) is -0.675. The van der Waals surface area contributed by atoms with Gasteiger partial charge in [-0.25, -0.2) is 9.59 Å². The fourth-order valence-corrected chi connectivity index (χ4v) is 2.39. The van der Waals surface area contributed by atoms with Crippen molar-refractivity contribution < 1.29 is 52.2 Å². The van der Waals surface area contributed by atoms with Gasteiger partial charge in [-0.05, 0) is 27.7 Å². The Labute approximate surface area is 225 Å². The SMILES string of the molecule is C=C(C)OCOCCOC(=O)NCC(COCCOC(=O)C(=C)C)(COCOC(=C)C)COCOC(=C)C. The Balaban J connectivity index is 5.07. The molecule has 0 aromatic rings. The molecule has 0 aromatic carbocycles. The molecular formula is C26H43NO11. The third-order valence-corrected chi connectivity index (χ3v) is 4.27. The van der Waals surface area contributed by atoms with Crippen LogP contribution in [0.2, 0.25) is 0 Å². The van der Waals surface area contributed by atoms with Crippen molar-refractivity contribution >= 4 is 12.1 Å². The number of allylic oxidation sites excluding steroid dienone is 3. The van der Waals surface area contributed by atoms with Crippen molar-refractivity contribution in [2.24, 2.45) is 5.41 Å². The van der Waals surface area contributed by atoms with E-state index in [1.807, 2.05) is 0 Å². The number of nitrogens with one attached hydrogen (secondary N) is 1. The zero-order valence-corrected chi connectivity index (χ0v) is 23.1. The molecule has 0 saturated heterocycles. The topological polar surface area (TPSA) is 129 Å². The predicted molar refractivity (Wildman–Crippen MR) is 139 cm³/mol. The number of amides is 1. The van der Waals surface area contributed by atoms with Crippen molar-refractivity contribution in [3.05, 3.63) is 49.2 Å². The lowest BCUT2D eigenvalue weighted by atomic mass is 9.91. The van der Waals surface area contributed by atoms with E-state index in [0.717, 1.165) is 0 Å². The van der Waals surface area contributed by atoms with Gasteiger partial charge in [0.15, 0.2) is 20.4 Å². The van der Waals surface area contributed by atoms with Crippen LogP contribution in [-0.4, -0.2) is 85.2 Å². The first-order valence-corrected chi connectivity index (χ1v) is 11.9. The summed E-state index contributed by atoms with van der Waals surface area (Å²) in [7, 11) is 0. The maximum absolute atomic E-state index is 12.3. The van der Waals surface area contributed by atoms with Gasteiger partial charge >= 0.3 is 12.1 Å². The van der Waals surface area contributed by atoms with E-state index in [9.17, 15) is 9.59 Å². The molecule has 0 aliphatic carbocycles. The molecule has 0 aromatic heterocycles. The lowest BCUT2D eigenvalue weighted by Gasteiger charge is -2.33. The third kappa shape index (κ3) is 20.0. The van der Waals surface area contributed by atoms with Crippen molar-refractivity contribution in [2.75, 3.05) is 73.2 Å². The highest BCUT2D eigenvalue weighted by Gasteiger charge is 2.33. The second-order valence-electron chi connectivity index (χ2n) is 8.46. The Hall–Kier alpha value is -3.06. The molecule has 0 heterocycles. The van der Waals surface area contributed by atoms with Gasteiger partial charge in [-0.15, -0.1) is 0 Å². The lowest BCUT2D eigenvalue weighted by molar-refractivity contribution is -0.143. The minimum absolute atomic E-state index is 0.00880. The van der Waals surface area contributed by atoms with Crippen molar-refractivity contribution in [1.82, 2.24) is 5.32 Å². The van der Waals surface area contributed by atoms with Crippen LogP contribution in [-0.2, 0) is 47.4 Å². The first-order chi connectivity index (χ1) is 18.0. The van der Waals surface area contributed by atoms with Crippen LogP contribution in [0.3, 0.4) is 0 Å². The van der Waals surface area contributed by atoms with E-state index in [0.29, 0.717) is 17.3 Å². The highest BCUT2D eigenvalue weighted by atomic mass is 16.7. The lowest BCUT2D eigenvalue weighted by Crippen LogP contribution is -2.47. The zero-order chi connectivity index (χ0) is 28.8. The number of alkyl carbamates (subject to hydrolysis) is 1.